The average molecular weight is 343 g/mol. The Balaban J connectivity index is 1.93. The van der Waals surface area contributed by atoms with E-state index in [1.165, 1.54) is 12.0 Å². The fraction of sp³-hybridized carbons (Fsp3) is 0.389. The zero-order valence-corrected chi connectivity index (χ0v) is 14.5. The van der Waals surface area contributed by atoms with Gasteiger partial charge in [-0.3, -0.25) is 14.4 Å². The summed E-state index contributed by atoms with van der Waals surface area (Å²) in [6.45, 7) is 4.71. The van der Waals surface area contributed by atoms with Crippen LogP contribution in [0.15, 0.2) is 18.2 Å². The molecule has 1 aliphatic heterocycles. The Morgan fingerprint density at radius 3 is 2.80 bits per heavy atom. The number of aryl methyl sites for hydroxylation is 2. The minimum atomic E-state index is -0.849. The van der Waals surface area contributed by atoms with Crippen molar-refractivity contribution in [1.82, 2.24) is 15.2 Å². The van der Waals surface area contributed by atoms with Crippen LogP contribution in [0.5, 0.6) is 0 Å². The zero-order chi connectivity index (χ0) is 18.1. The van der Waals surface area contributed by atoms with Gasteiger partial charge in [-0.15, -0.1) is 0 Å². The van der Waals surface area contributed by atoms with Crippen molar-refractivity contribution >= 4 is 28.7 Å². The number of aromatic amines is 1. The van der Waals surface area contributed by atoms with Crippen molar-refractivity contribution in [2.75, 3.05) is 20.2 Å². The van der Waals surface area contributed by atoms with Crippen LogP contribution in [-0.2, 0) is 14.3 Å². The molecule has 1 aliphatic rings. The normalized spacial score (nSPS) is 17.5. The second-order valence-corrected chi connectivity index (χ2v) is 6.22. The van der Waals surface area contributed by atoms with Gasteiger partial charge in [-0.2, -0.15) is 0 Å². The van der Waals surface area contributed by atoms with Crippen LogP contribution in [0.4, 0.5) is 0 Å². The fourth-order valence-electron chi connectivity index (χ4n) is 3.16. The third-order valence-corrected chi connectivity index (χ3v) is 4.73. The van der Waals surface area contributed by atoms with Crippen molar-refractivity contribution in [3.8, 4) is 0 Å². The molecule has 0 bridgehead atoms. The molecule has 1 fully saturated rings. The van der Waals surface area contributed by atoms with E-state index in [-0.39, 0.29) is 18.2 Å². The van der Waals surface area contributed by atoms with E-state index in [0.717, 1.165) is 22.2 Å². The van der Waals surface area contributed by atoms with E-state index in [1.807, 2.05) is 26.0 Å². The highest BCUT2D eigenvalue weighted by molar-refractivity contribution is 6.02. The van der Waals surface area contributed by atoms with Crippen molar-refractivity contribution in [2.24, 2.45) is 0 Å². The SMILES string of the molecule is COC(=O)CC1C(=O)NCCN1C(=O)c1ccc2[nH]c(C)c(C)c2c1. The predicted molar refractivity (Wildman–Crippen MR) is 92.2 cm³/mol. The minimum absolute atomic E-state index is 0.154. The average Bonchev–Trinajstić information content (AvgIpc) is 2.89. The van der Waals surface area contributed by atoms with Crippen LogP contribution in [0.1, 0.15) is 28.0 Å². The van der Waals surface area contributed by atoms with E-state index in [9.17, 15) is 14.4 Å². The molecular weight excluding hydrogens is 322 g/mol. The highest BCUT2D eigenvalue weighted by atomic mass is 16.5. The summed E-state index contributed by atoms with van der Waals surface area (Å²) >= 11 is 0. The molecule has 2 aromatic rings. The largest absolute Gasteiger partial charge is 0.469 e. The van der Waals surface area contributed by atoms with Crippen LogP contribution in [0, 0.1) is 13.8 Å². The molecule has 2 amide bonds. The summed E-state index contributed by atoms with van der Waals surface area (Å²) in [5, 5.41) is 3.68. The molecule has 7 heteroatoms. The third-order valence-electron chi connectivity index (χ3n) is 4.73. The summed E-state index contributed by atoms with van der Waals surface area (Å²) in [4.78, 5) is 41.4. The predicted octanol–water partition coefficient (Wildman–Crippen LogP) is 1.29. The molecule has 2 heterocycles. The third kappa shape index (κ3) is 3.09. The number of methoxy groups -OCH3 is 1. The van der Waals surface area contributed by atoms with E-state index in [4.69, 9.17) is 0 Å². The van der Waals surface area contributed by atoms with E-state index < -0.39 is 12.0 Å². The minimum Gasteiger partial charge on any atom is -0.469 e. The first-order valence-electron chi connectivity index (χ1n) is 8.16. The lowest BCUT2D eigenvalue weighted by Gasteiger charge is -2.34. The van der Waals surface area contributed by atoms with Gasteiger partial charge in [-0.25, -0.2) is 0 Å². The van der Waals surface area contributed by atoms with Gasteiger partial charge in [0.2, 0.25) is 5.91 Å². The number of esters is 1. The number of amides is 2. The second-order valence-electron chi connectivity index (χ2n) is 6.22. The number of nitrogens with one attached hydrogen (secondary N) is 2. The lowest BCUT2D eigenvalue weighted by Crippen LogP contribution is -2.57. The molecule has 0 spiro atoms. The molecule has 1 aromatic carbocycles. The van der Waals surface area contributed by atoms with E-state index in [0.29, 0.717) is 18.7 Å². The molecule has 1 saturated heterocycles. The standard InChI is InChI=1S/C18H21N3O4/c1-10-11(2)20-14-5-4-12(8-13(10)14)18(24)21-7-6-19-17(23)15(21)9-16(22)25-3/h4-5,8,15,20H,6-7,9H2,1-3H3,(H,19,23). The molecule has 2 N–H and O–H groups in total. The highest BCUT2D eigenvalue weighted by Crippen LogP contribution is 2.24. The summed E-state index contributed by atoms with van der Waals surface area (Å²) in [5.74, 6) is -1.11. The van der Waals surface area contributed by atoms with Crippen LogP contribution < -0.4 is 5.32 Å². The smallest absolute Gasteiger partial charge is 0.308 e. The molecule has 0 saturated carbocycles. The number of nitrogens with zero attached hydrogens (tertiary/aromatic N) is 1. The van der Waals surface area contributed by atoms with E-state index >= 15 is 0 Å². The van der Waals surface area contributed by atoms with Gasteiger partial charge in [0.25, 0.3) is 5.91 Å². The maximum atomic E-state index is 13.0. The molecule has 1 atom stereocenters. The van der Waals surface area contributed by atoms with Crippen LogP contribution in [0.25, 0.3) is 10.9 Å². The number of H-pyrrole nitrogens is 1. The number of fused-ring (bicyclic) bond motifs is 1. The van der Waals surface area contributed by atoms with Crippen LogP contribution in [-0.4, -0.2) is 53.9 Å². The maximum Gasteiger partial charge on any atom is 0.308 e. The Hall–Kier alpha value is -2.83. The van der Waals surface area contributed by atoms with Crippen LogP contribution in [0.3, 0.4) is 0 Å². The topological polar surface area (TPSA) is 91.5 Å². The number of carbonyl (C=O) groups is 3. The second kappa shape index (κ2) is 6.58. The highest BCUT2D eigenvalue weighted by Gasteiger charge is 2.35. The first kappa shape index (κ1) is 17.0. The molecule has 132 valence electrons. The Kier molecular flexibility index (Phi) is 4.48. The van der Waals surface area contributed by atoms with Gasteiger partial charge in [-0.05, 0) is 37.6 Å². The maximum absolute atomic E-state index is 13.0. The first-order chi connectivity index (χ1) is 11.9. The van der Waals surface area contributed by atoms with Gasteiger partial charge in [0.05, 0.1) is 13.5 Å². The van der Waals surface area contributed by atoms with E-state index in [1.54, 1.807) is 6.07 Å². The number of benzene rings is 1. The van der Waals surface area contributed by atoms with Gasteiger partial charge < -0.3 is 19.9 Å². The first-order valence-corrected chi connectivity index (χ1v) is 8.16. The number of ether oxygens (including phenoxy) is 1. The monoisotopic (exact) mass is 343 g/mol. The van der Waals surface area contributed by atoms with Crippen molar-refractivity contribution in [3.05, 3.63) is 35.0 Å². The molecule has 25 heavy (non-hydrogen) atoms. The van der Waals surface area contributed by atoms with Gasteiger partial charge in [-0.1, -0.05) is 0 Å². The number of hydrogen-bond donors (Lipinski definition) is 2. The van der Waals surface area contributed by atoms with Gasteiger partial charge in [0, 0.05) is 35.2 Å². The van der Waals surface area contributed by atoms with Crippen LogP contribution in [0.2, 0.25) is 0 Å². The van der Waals surface area contributed by atoms with Crippen molar-refractivity contribution < 1.29 is 19.1 Å². The van der Waals surface area contributed by atoms with Crippen molar-refractivity contribution in [3.63, 3.8) is 0 Å². The molecule has 0 radical (unpaired) electrons. The molecule has 7 nitrogen and oxygen atoms in total. The van der Waals surface area contributed by atoms with Gasteiger partial charge in [0.15, 0.2) is 0 Å². The van der Waals surface area contributed by atoms with Gasteiger partial charge >= 0.3 is 5.97 Å². The number of rotatable bonds is 3. The lowest BCUT2D eigenvalue weighted by atomic mass is 10.0. The zero-order valence-electron chi connectivity index (χ0n) is 14.5. The quantitative estimate of drug-likeness (QED) is 0.822. The fourth-order valence-corrected chi connectivity index (χ4v) is 3.16. The Morgan fingerprint density at radius 1 is 1.32 bits per heavy atom. The number of piperazine rings is 1. The molecule has 1 aromatic heterocycles. The Labute approximate surface area is 145 Å². The van der Waals surface area contributed by atoms with Gasteiger partial charge in [0.1, 0.15) is 6.04 Å². The number of carbonyl (C=O) groups excluding carboxylic acids is 3. The molecule has 0 aliphatic carbocycles. The summed E-state index contributed by atoms with van der Waals surface area (Å²) in [6, 6.07) is 4.58. The Bertz CT molecular complexity index is 855. The summed E-state index contributed by atoms with van der Waals surface area (Å²) in [5.41, 5.74) is 3.61. The number of aromatic nitrogens is 1. The lowest BCUT2D eigenvalue weighted by molar-refractivity contribution is -0.145. The van der Waals surface area contributed by atoms with Crippen LogP contribution >= 0.6 is 0 Å². The summed E-state index contributed by atoms with van der Waals surface area (Å²) in [6.07, 6.45) is -0.154. The molecule has 3 rings (SSSR count). The molecule has 1 unspecified atom stereocenters. The molecular formula is C18H21N3O4. The Morgan fingerprint density at radius 2 is 2.08 bits per heavy atom. The number of hydrogen-bond acceptors (Lipinski definition) is 4. The summed E-state index contributed by atoms with van der Waals surface area (Å²) in [7, 11) is 1.26. The van der Waals surface area contributed by atoms with Crippen molar-refractivity contribution in [2.45, 2.75) is 26.3 Å². The van der Waals surface area contributed by atoms with Crippen molar-refractivity contribution in [1.29, 1.82) is 0 Å². The van der Waals surface area contributed by atoms with E-state index in [2.05, 4.69) is 15.0 Å². The summed E-state index contributed by atoms with van der Waals surface area (Å²) < 4.78 is 4.65.